The largest absolute Gasteiger partial charge is 0.368 e. The van der Waals surface area contributed by atoms with Crippen LogP contribution < -0.4 is 16.9 Å². The fraction of sp³-hybridized carbons (Fsp3) is 0. The number of carbonyl (C=O) groups excluding carboxylic acids is 1. The third-order valence-electron chi connectivity index (χ3n) is 1.97. The summed E-state index contributed by atoms with van der Waals surface area (Å²) in [6.45, 7) is 0. The predicted octanol–water partition coefficient (Wildman–Crippen LogP) is 1.06. The van der Waals surface area contributed by atoms with E-state index in [4.69, 9.17) is 11.6 Å². The molecule has 0 fully saturated rings. The van der Waals surface area contributed by atoms with Gasteiger partial charge < -0.3 is 11.6 Å². The number of halogens is 2. The SMILES string of the molecule is Cl.Cl.NN=C(N)NC(=O)c1ccc2ncsc2c1. The molecule has 0 radical (unpaired) electrons. The first-order valence-electron chi connectivity index (χ1n) is 4.38. The van der Waals surface area contributed by atoms with E-state index in [0.29, 0.717) is 5.56 Å². The van der Waals surface area contributed by atoms with Gasteiger partial charge in [0.2, 0.25) is 5.96 Å². The van der Waals surface area contributed by atoms with E-state index in [9.17, 15) is 4.79 Å². The Hall–Kier alpha value is -1.57. The highest BCUT2D eigenvalue weighted by molar-refractivity contribution is 7.16. The fourth-order valence-corrected chi connectivity index (χ4v) is 1.93. The molecule has 1 aromatic carbocycles. The Morgan fingerprint density at radius 1 is 1.39 bits per heavy atom. The van der Waals surface area contributed by atoms with Gasteiger partial charge in [-0.1, -0.05) is 0 Å². The van der Waals surface area contributed by atoms with Crippen molar-refractivity contribution in [2.45, 2.75) is 0 Å². The molecule has 0 saturated carbocycles. The van der Waals surface area contributed by atoms with E-state index >= 15 is 0 Å². The normalized spacial score (nSPS) is 10.3. The molecule has 0 unspecified atom stereocenters. The number of thiazole rings is 1. The number of nitrogens with two attached hydrogens (primary N) is 2. The first-order chi connectivity index (χ1) is 7.70. The minimum absolute atomic E-state index is 0. The third-order valence-corrected chi connectivity index (χ3v) is 2.77. The first kappa shape index (κ1) is 16.4. The molecule has 1 aromatic heterocycles. The summed E-state index contributed by atoms with van der Waals surface area (Å²) in [5.74, 6) is 4.45. The second-order valence-electron chi connectivity index (χ2n) is 3.00. The second-order valence-corrected chi connectivity index (χ2v) is 3.89. The number of amides is 1. The summed E-state index contributed by atoms with van der Waals surface area (Å²) in [5, 5.41) is 5.51. The van der Waals surface area contributed by atoms with Crippen molar-refractivity contribution in [3.63, 3.8) is 0 Å². The molecule has 1 amide bonds. The van der Waals surface area contributed by atoms with Crippen molar-refractivity contribution < 1.29 is 4.79 Å². The van der Waals surface area contributed by atoms with E-state index in [1.807, 2.05) is 0 Å². The van der Waals surface area contributed by atoms with Crippen LogP contribution in [-0.2, 0) is 0 Å². The highest BCUT2D eigenvalue weighted by Crippen LogP contribution is 2.18. The summed E-state index contributed by atoms with van der Waals surface area (Å²) in [6, 6.07) is 5.18. The average molecular weight is 308 g/mol. The summed E-state index contributed by atoms with van der Waals surface area (Å²) in [7, 11) is 0. The van der Waals surface area contributed by atoms with Crippen LogP contribution in [0.4, 0.5) is 0 Å². The van der Waals surface area contributed by atoms with Crippen molar-refractivity contribution in [2.75, 3.05) is 0 Å². The number of hydrazone groups is 1. The molecule has 5 N–H and O–H groups in total. The maximum atomic E-state index is 11.6. The number of hydrogen-bond donors (Lipinski definition) is 3. The van der Waals surface area contributed by atoms with E-state index in [0.717, 1.165) is 10.2 Å². The average Bonchev–Trinajstić information content (AvgIpc) is 2.75. The molecular weight excluding hydrogens is 297 g/mol. The van der Waals surface area contributed by atoms with Gasteiger partial charge in [0.1, 0.15) is 0 Å². The van der Waals surface area contributed by atoms with Crippen LogP contribution in [0.15, 0.2) is 28.8 Å². The van der Waals surface area contributed by atoms with Gasteiger partial charge in [0, 0.05) is 5.56 Å². The van der Waals surface area contributed by atoms with Crippen LogP contribution in [0.5, 0.6) is 0 Å². The highest BCUT2D eigenvalue weighted by Gasteiger charge is 2.08. The van der Waals surface area contributed by atoms with E-state index in [1.54, 1.807) is 23.7 Å². The lowest BCUT2D eigenvalue weighted by molar-refractivity contribution is 0.0976. The molecule has 0 spiro atoms. The summed E-state index contributed by atoms with van der Waals surface area (Å²) in [4.78, 5) is 15.8. The molecule has 9 heteroatoms. The molecule has 0 bridgehead atoms. The van der Waals surface area contributed by atoms with Crippen molar-refractivity contribution in [1.82, 2.24) is 10.3 Å². The van der Waals surface area contributed by atoms with E-state index < -0.39 is 0 Å². The molecule has 0 atom stereocenters. The minimum Gasteiger partial charge on any atom is -0.368 e. The Morgan fingerprint density at radius 2 is 2.11 bits per heavy atom. The van der Waals surface area contributed by atoms with Gasteiger partial charge in [-0.3, -0.25) is 10.1 Å². The number of nitrogens with one attached hydrogen (secondary N) is 1. The lowest BCUT2D eigenvalue weighted by Gasteiger charge is -2.02. The van der Waals surface area contributed by atoms with Crippen molar-refractivity contribution in [1.29, 1.82) is 0 Å². The molecule has 2 aromatic rings. The Morgan fingerprint density at radius 3 is 2.78 bits per heavy atom. The van der Waals surface area contributed by atoms with Crippen LogP contribution in [0, 0.1) is 0 Å². The number of guanidine groups is 1. The smallest absolute Gasteiger partial charge is 0.258 e. The summed E-state index contributed by atoms with van der Waals surface area (Å²) < 4.78 is 0.941. The molecule has 1 heterocycles. The molecule has 98 valence electrons. The Kier molecular flexibility index (Phi) is 6.39. The quantitative estimate of drug-likeness (QED) is 0.317. The van der Waals surface area contributed by atoms with E-state index in [-0.39, 0.29) is 36.7 Å². The van der Waals surface area contributed by atoms with Gasteiger partial charge in [-0.05, 0) is 18.2 Å². The summed E-state index contributed by atoms with van der Waals surface area (Å²) in [5.41, 5.74) is 8.36. The molecule has 6 nitrogen and oxygen atoms in total. The van der Waals surface area contributed by atoms with Gasteiger partial charge in [-0.15, -0.1) is 41.3 Å². The highest BCUT2D eigenvalue weighted by atomic mass is 35.5. The lowest BCUT2D eigenvalue weighted by atomic mass is 10.2. The molecule has 18 heavy (non-hydrogen) atoms. The van der Waals surface area contributed by atoms with Gasteiger partial charge >= 0.3 is 0 Å². The van der Waals surface area contributed by atoms with E-state index in [1.165, 1.54) is 11.3 Å². The van der Waals surface area contributed by atoms with Crippen LogP contribution in [0.3, 0.4) is 0 Å². The molecule has 0 saturated heterocycles. The maximum absolute atomic E-state index is 11.6. The maximum Gasteiger partial charge on any atom is 0.258 e. The van der Waals surface area contributed by atoms with Crippen LogP contribution in [0.1, 0.15) is 10.4 Å². The molecule has 0 aliphatic heterocycles. The Bertz CT molecular complexity index is 571. The number of hydrogen-bond acceptors (Lipinski definition) is 5. The standard InChI is InChI=1S/C9H9N5OS.2ClH/c10-9(14-11)13-8(15)5-1-2-6-7(3-5)16-4-12-6;;/h1-4H,11H2,(H3,10,13,14,15);2*1H. The second kappa shape index (κ2) is 7.00. The van der Waals surface area contributed by atoms with Crippen LogP contribution >= 0.6 is 36.2 Å². The van der Waals surface area contributed by atoms with Crippen molar-refractivity contribution in [3.05, 3.63) is 29.3 Å². The molecule has 0 aliphatic rings. The topological polar surface area (TPSA) is 106 Å². The number of benzene rings is 1. The molecule has 0 aliphatic carbocycles. The Labute approximate surface area is 119 Å². The third kappa shape index (κ3) is 3.46. The zero-order valence-corrected chi connectivity index (χ0v) is 11.4. The fourth-order valence-electron chi connectivity index (χ4n) is 1.22. The van der Waals surface area contributed by atoms with Gasteiger partial charge in [0.15, 0.2) is 0 Å². The van der Waals surface area contributed by atoms with E-state index in [2.05, 4.69) is 15.4 Å². The number of rotatable bonds is 1. The molecular formula is C9H11Cl2N5OS. The first-order valence-corrected chi connectivity index (χ1v) is 5.26. The van der Waals surface area contributed by atoms with Gasteiger partial charge in [-0.25, -0.2) is 4.98 Å². The number of carbonyl (C=O) groups is 1. The predicted molar refractivity (Wildman–Crippen MR) is 77.4 cm³/mol. The number of fused-ring (bicyclic) bond motifs is 1. The van der Waals surface area contributed by atoms with Crippen molar-refractivity contribution >= 4 is 58.2 Å². The van der Waals surface area contributed by atoms with Crippen LogP contribution in [0.2, 0.25) is 0 Å². The minimum atomic E-state index is -0.345. The van der Waals surface area contributed by atoms with Crippen LogP contribution in [0.25, 0.3) is 10.2 Å². The zero-order chi connectivity index (χ0) is 11.5. The monoisotopic (exact) mass is 307 g/mol. The van der Waals surface area contributed by atoms with Gasteiger partial charge in [0.25, 0.3) is 5.91 Å². The van der Waals surface area contributed by atoms with Crippen molar-refractivity contribution in [3.8, 4) is 0 Å². The summed E-state index contributed by atoms with van der Waals surface area (Å²) in [6.07, 6.45) is 0. The van der Waals surface area contributed by atoms with Crippen molar-refractivity contribution in [2.24, 2.45) is 16.7 Å². The summed E-state index contributed by atoms with van der Waals surface area (Å²) >= 11 is 1.47. The number of nitrogens with zero attached hydrogens (tertiary/aromatic N) is 2. The van der Waals surface area contributed by atoms with Crippen LogP contribution in [-0.4, -0.2) is 16.9 Å². The van der Waals surface area contributed by atoms with Gasteiger partial charge in [0.05, 0.1) is 15.7 Å². The Balaban J connectivity index is 0.00000144. The number of aromatic nitrogens is 1. The lowest BCUT2D eigenvalue weighted by Crippen LogP contribution is -2.37. The van der Waals surface area contributed by atoms with Gasteiger partial charge in [-0.2, -0.15) is 0 Å². The zero-order valence-electron chi connectivity index (χ0n) is 8.99. The molecule has 2 rings (SSSR count).